The number of carbonyl (C=O) groups excluding carboxylic acids is 1. The zero-order valence-corrected chi connectivity index (χ0v) is 16.5. The Morgan fingerprint density at radius 3 is 3.00 bits per heavy atom. The number of rotatable bonds is 9. The van der Waals surface area contributed by atoms with Crippen molar-refractivity contribution in [2.45, 2.75) is 36.3 Å². The molecule has 3 aromatic rings. The van der Waals surface area contributed by atoms with Crippen molar-refractivity contribution >= 4 is 45.0 Å². The number of fused-ring (bicyclic) bond motifs is 1. The number of carbonyl (C=O) groups is 1. The fourth-order valence-electron chi connectivity index (χ4n) is 2.57. The lowest BCUT2D eigenvalue weighted by Crippen LogP contribution is -2.32. The topological polar surface area (TPSA) is 82.7 Å². The van der Waals surface area contributed by atoms with Crippen molar-refractivity contribution in [1.82, 2.24) is 20.5 Å². The predicted molar refractivity (Wildman–Crippen MR) is 109 cm³/mol. The third kappa shape index (κ3) is 4.76. The van der Waals surface area contributed by atoms with Crippen molar-refractivity contribution in [3.8, 4) is 0 Å². The molecule has 0 fully saturated rings. The van der Waals surface area contributed by atoms with Crippen LogP contribution in [0.1, 0.15) is 25.8 Å². The summed E-state index contributed by atoms with van der Waals surface area (Å²) in [4.78, 5) is 15.6. The van der Waals surface area contributed by atoms with Gasteiger partial charge in [-0.3, -0.25) is 4.79 Å². The van der Waals surface area contributed by atoms with Gasteiger partial charge in [0.05, 0.1) is 5.25 Å². The molecule has 0 saturated heterocycles. The molecule has 3 rings (SSSR count). The number of nitrogens with one attached hydrogen (secondary N) is 3. The predicted octanol–water partition coefficient (Wildman–Crippen LogP) is 3.68. The van der Waals surface area contributed by atoms with Crippen LogP contribution in [-0.4, -0.2) is 39.4 Å². The molecule has 2 aromatic heterocycles. The number of benzene rings is 1. The summed E-state index contributed by atoms with van der Waals surface area (Å²) >= 11 is 2.93. The van der Waals surface area contributed by atoms with Crippen LogP contribution >= 0.6 is 23.1 Å². The molecule has 0 aliphatic rings. The SMILES string of the molecule is CCCNc1nnc(SC(C)C(=O)NCCc2c[nH]c3ccccc23)s1. The fraction of sp³-hybridized carbons (Fsp3) is 0.389. The van der Waals surface area contributed by atoms with Crippen LogP contribution in [0.2, 0.25) is 0 Å². The Kier molecular flexibility index (Phi) is 6.51. The Labute approximate surface area is 161 Å². The Hall–Kier alpha value is -2.06. The number of hydrogen-bond donors (Lipinski definition) is 3. The number of aromatic nitrogens is 3. The number of anilines is 1. The Morgan fingerprint density at radius 1 is 1.31 bits per heavy atom. The summed E-state index contributed by atoms with van der Waals surface area (Å²) in [7, 11) is 0. The van der Waals surface area contributed by atoms with Crippen molar-refractivity contribution in [3.63, 3.8) is 0 Å². The highest BCUT2D eigenvalue weighted by Gasteiger charge is 2.17. The van der Waals surface area contributed by atoms with Crippen LogP contribution < -0.4 is 10.6 Å². The molecule has 0 radical (unpaired) electrons. The minimum absolute atomic E-state index is 0.0214. The Balaban J connectivity index is 1.46. The van der Waals surface area contributed by atoms with E-state index in [2.05, 4.69) is 44.9 Å². The first-order valence-electron chi connectivity index (χ1n) is 8.74. The van der Waals surface area contributed by atoms with E-state index in [9.17, 15) is 4.79 Å². The molecule has 0 spiro atoms. The molecule has 8 heteroatoms. The maximum absolute atomic E-state index is 12.3. The second-order valence-corrected chi connectivity index (χ2v) is 8.53. The van der Waals surface area contributed by atoms with E-state index in [0.717, 1.165) is 34.4 Å². The number of H-pyrrole nitrogens is 1. The summed E-state index contributed by atoms with van der Waals surface area (Å²) in [5.41, 5.74) is 2.35. The van der Waals surface area contributed by atoms with Crippen LogP contribution in [0, 0.1) is 0 Å². The third-order valence-electron chi connectivity index (χ3n) is 3.95. The van der Waals surface area contributed by atoms with Crippen LogP contribution in [0.3, 0.4) is 0 Å². The number of aromatic amines is 1. The average Bonchev–Trinajstić information content (AvgIpc) is 3.27. The van der Waals surface area contributed by atoms with Gasteiger partial charge in [-0.1, -0.05) is 48.2 Å². The molecule has 2 heterocycles. The minimum atomic E-state index is -0.204. The molecule has 0 aliphatic heterocycles. The summed E-state index contributed by atoms with van der Waals surface area (Å²) in [6.07, 6.45) is 3.86. The number of amides is 1. The second-order valence-electron chi connectivity index (χ2n) is 5.96. The molecule has 26 heavy (non-hydrogen) atoms. The van der Waals surface area contributed by atoms with E-state index in [4.69, 9.17) is 0 Å². The molecule has 0 saturated carbocycles. The lowest BCUT2D eigenvalue weighted by molar-refractivity contribution is -0.120. The van der Waals surface area contributed by atoms with Gasteiger partial charge in [0.15, 0.2) is 4.34 Å². The van der Waals surface area contributed by atoms with Crippen molar-refractivity contribution < 1.29 is 4.79 Å². The fourth-order valence-corrected chi connectivity index (χ4v) is 4.51. The van der Waals surface area contributed by atoms with Crippen molar-refractivity contribution in [1.29, 1.82) is 0 Å². The van der Waals surface area contributed by atoms with Gasteiger partial charge in [-0.2, -0.15) is 0 Å². The first kappa shape index (κ1) is 18.7. The minimum Gasteiger partial charge on any atom is -0.361 e. The average molecular weight is 390 g/mol. The molecule has 0 bridgehead atoms. The van der Waals surface area contributed by atoms with Gasteiger partial charge < -0.3 is 15.6 Å². The highest BCUT2D eigenvalue weighted by atomic mass is 32.2. The van der Waals surface area contributed by atoms with Crippen molar-refractivity contribution in [2.75, 3.05) is 18.4 Å². The Bertz CT molecular complexity index is 860. The molecule has 1 aromatic carbocycles. The molecular weight excluding hydrogens is 366 g/mol. The zero-order valence-electron chi connectivity index (χ0n) is 14.9. The highest BCUT2D eigenvalue weighted by Crippen LogP contribution is 2.28. The van der Waals surface area contributed by atoms with Gasteiger partial charge >= 0.3 is 0 Å². The standard InChI is InChI=1S/C18H23N5OS2/c1-3-9-20-17-22-23-18(26-17)25-12(2)16(24)19-10-8-13-11-21-15-7-5-4-6-14(13)15/h4-7,11-12,21H,3,8-10H2,1-2H3,(H,19,24)(H,20,22). The van der Waals surface area contributed by atoms with Crippen LogP contribution in [0.25, 0.3) is 10.9 Å². The van der Waals surface area contributed by atoms with Crippen LogP contribution in [0.15, 0.2) is 34.8 Å². The molecule has 6 nitrogen and oxygen atoms in total. The van der Waals surface area contributed by atoms with Gasteiger partial charge in [0.25, 0.3) is 0 Å². The number of hydrogen-bond acceptors (Lipinski definition) is 6. The van der Waals surface area contributed by atoms with Gasteiger partial charge in [0.2, 0.25) is 11.0 Å². The maximum atomic E-state index is 12.3. The van der Waals surface area contributed by atoms with Gasteiger partial charge in [-0.15, -0.1) is 10.2 Å². The van der Waals surface area contributed by atoms with Gasteiger partial charge in [0.1, 0.15) is 0 Å². The van der Waals surface area contributed by atoms with Gasteiger partial charge in [-0.25, -0.2) is 0 Å². The van der Waals surface area contributed by atoms with Crippen LogP contribution in [0.5, 0.6) is 0 Å². The van der Waals surface area contributed by atoms with E-state index in [1.54, 1.807) is 0 Å². The third-order valence-corrected chi connectivity index (χ3v) is 6.01. The van der Waals surface area contributed by atoms with Crippen LogP contribution in [-0.2, 0) is 11.2 Å². The lowest BCUT2D eigenvalue weighted by Gasteiger charge is -2.10. The molecule has 0 aliphatic carbocycles. The van der Waals surface area contributed by atoms with E-state index in [-0.39, 0.29) is 11.2 Å². The monoisotopic (exact) mass is 389 g/mol. The van der Waals surface area contributed by atoms with Crippen molar-refractivity contribution in [3.05, 3.63) is 36.0 Å². The van der Waals surface area contributed by atoms with E-state index < -0.39 is 0 Å². The number of thioether (sulfide) groups is 1. The second kappa shape index (κ2) is 9.05. The maximum Gasteiger partial charge on any atom is 0.233 e. The lowest BCUT2D eigenvalue weighted by atomic mass is 10.1. The smallest absolute Gasteiger partial charge is 0.233 e. The largest absolute Gasteiger partial charge is 0.361 e. The van der Waals surface area contributed by atoms with Gasteiger partial charge in [0, 0.05) is 30.2 Å². The normalized spacial score (nSPS) is 12.2. The summed E-state index contributed by atoms with van der Waals surface area (Å²) < 4.78 is 0.808. The van der Waals surface area contributed by atoms with E-state index in [1.807, 2.05) is 25.3 Å². The summed E-state index contributed by atoms with van der Waals surface area (Å²) in [6.45, 7) is 5.49. The summed E-state index contributed by atoms with van der Waals surface area (Å²) in [5.74, 6) is 0.0214. The number of para-hydroxylation sites is 1. The van der Waals surface area contributed by atoms with E-state index in [0.29, 0.717) is 6.54 Å². The van der Waals surface area contributed by atoms with E-state index >= 15 is 0 Å². The number of nitrogens with zero attached hydrogens (tertiary/aromatic N) is 2. The van der Waals surface area contributed by atoms with Crippen molar-refractivity contribution in [2.24, 2.45) is 0 Å². The first-order chi connectivity index (χ1) is 12.7. The molecule has 3 N–H and O–H groups in total. The summed E-state index contributed by atoms with van der Waals surface area (Å²) in [6, 6.07) is 8.20. The van der Waals surface area contributed by atoms with Crippen LogP contribution in [0.4, 0.5) is 5.13 Å². The van der Waals surface area contributed by atoms with E-state index in [1.165, 1.54) is 34.0 Å². The zero-order chi connectivity index (χ0) is 18.4. The molecule has 1 atom stereocenters. The van der Waals surface area contributed by atoms with Gasteiger partial charge in [-0.05, 0) is 31.4 Å². The highest BCUT2D eigenvalue weighted by molar-refractivity contribution is 8.02. The Morgan fingerprint density at radius 2 is 2.15 bits per heavy atom. The molecule has 1 unspecified atom stereocenters. The molecular formula is C18H23N5OS2. The summed E-state index contributed by atoms with van der Waals surface area (Å²) in [5, 5.41) is 16.3. The first-order valence-corrected chi connectivity index (χ1v) is 10.4. The quantitative estimate of drug-likeness (QED) is 0.486. The molecule has 1 amide bonds. The molecule has 138 valence electrons.